The Morgan fingerprint density at radius 1 is 1.53 bits per heavy atom. The van der Waals surface area contributed by atoms with Crippen molar-refractivity contribution in [2.75, 3.05) is 38.2 Å². The molecule has 1 fully saturated rings. The van der Waals surface area contributed by atoms with Crippen LogP contribution in [0.1, 0.15) is 19.8 Å². The number of piperidine rings is 1. The molecular formula is C11H23N3O2S. The Kier molecular flexibility index (Phi) is 6.08. The van der Waals surface area contributed by atoms with Gasteiger partial charge < -0.3 is 20.6 Å². The molecule has 0 aromatic carbocycles. The molecule has 0 aromatic rings. The first kappa shape index (κ1) is 14.6. The van der Waals surface area contributed by atoms with Crippen molar-refractivity contribution < 1.29 is 9.94 Å². The van der Waals surface area contributed by atoms with Crippen molar-refractivity contribution >= 4 is 17.6 Å². The van der Waals surface area contributed by atoms with Crippen LogP contribution in [0, 0.1) is 0 Å². The number of hydrogen-bond acceptors (Lipinski definition) is 5. The second kappa shape index (κ2) is 7.08. The zero-order valence-electron chi connectivity index (χ0n) is 10.7. The summed E-state index contributed by atoms with van der Waals surface area (Å²) in [6.07, 6.45) is 1.58. The predicted octanol–water partition coefficient (Wildman–Crippen LogP) is 0.967. The highest BCUT2D eigenvalue weighted by Crippen LogP contribution is 2.26. The van der Waals surface area contributed by atoms with Gasteiger partial charge in [-0.05, 0) is 18.6 Å². The van der Waals surface area contributed by atoms with Crippen molar-refractivity contribution in [1.29, 1.82) is 0 Å². The molecule has 0 amide bonds. The van der Waals surface area contributed by atoms with E-state index in [1.807, 2.05) is 11.8 Å². The van der Waals surface area contributed by atoms with Gasteiger partial charge in [0.2, 0.25) is 0 Å². The summed E-state index contributed by atoms with van der Waals surface area (Å²) in [6.45, 7) is 5.16. The lowest BCUT2D eigenvalue weighted by atomic mass is 9.90. The van der Waals surface area contributed by atoms with Gasteiger partial charge in [0.05, 0.1) is 0 Å². The largest absolute Gasteiger partial charge is 0.409 e. The minimum Gasteiger partial charge on any atom is -0.409 e. The topological polar surface area (TPSA) is 71.1 Å². The van der Waals surface area contributed by atoms with Gasteiger partial charge in [-0.2, -0.15) is 11.8 Å². The second-order valence-electron chi connectivity index (χ2n) is 4.22. The number of hydrogen-bond donors (Lipinski definition) is 2. The van der Waals surface area contributed by atoms with Gasteiger partial charge in [0.1, 0.15) is 5.60 Å². The molecule has 0 radical (unpaired) electrons. The number of oxime groups is 1. The normalized spacial score (nSPS) is 21.6. The number of rotatable bonds is 6. The van der Waals surface area contributed by atoms with E-state index in [9.17, 15) is 0 Å². The van der Waals surface area contributed by atoms with Gasteiger partial charge in [-0.25, -0.2) is 0 Å². The molecule has 0 aromatic heterocycles. The Balaban J connectivity index is 2.42. The molecule has 5 nitrogen and oxygen atoms in total. The Bertz CT molecular complexity index is 253. The third-order valence-corrected chi connectivity index (χ3v) is 4.26. The molecule has 0 bridgehead atoms. The van der Waals surface area contributed by atoms with E-state index in [1.54, 1.807) is 7.11 Å². The lowest BCUT2D eigenvalue weighted by molar-refractivity contribution is -0.00597. The van der Waals surface area contributed by atoms with Gasteiger partial charge in [-0.3, -0.25) is 0 Å². The summed E-state index contributed by atoms with van der Waals surface area (Å²) >= 11 is 1.96. The average molecular weight is 261 g/mol. The number of likely N-dealkylation sites (tertiary alicyclic amines) is 1. The van der Waals surface area contributed by atoms with Gasteiger partial charge >= 0.3 is 0 Å². The Morgan fingerprint density at radius 2 is 2.18 bits per heavy atom. The average Bonchev–Trinajstić information content (AvgIpc) is 2.39. The van der Waals surface area contributed by atoms with E-state index < -0.39 is 5.60 Å². The van der Waals surface area contributed by atoms with Crippen LogP contribution in [-0.4, -0.2) is 59.8 Å². The van der Waals surface area contributed by atoms with E-state index in [0.29, 0.717) is 0 Å². The molecule has 6 heteroatoms. The van der Waals surface area contributed by atoms with Crippen molar-refractivity contribution in [3.8, 4) is 0 Å². The van der Waals surface area contributed by atoms with Crippen LogP contribution in [-0.2, 0) is 4.74 Å². The van der Waals surface area contributed by atoms with Gasteiger partial charge in [-0.15, -0.1) is 0 Å². The lowest BCUT2D eigenvalue weighted by Crippen LogP contribution is -2.53. The molecule has 0 spiro atoms. The SMILES string of the molecule is CCSCCN1CCC(OC)(C(N)=NO)CC1. The van der Waals surface area contributed by atoms with Crippen LogP contribution in [0.2, 0.25) is 0 Å². The molecule has 0 saturated carbocycles. The van der Waals surface area contributed by atoms with Crippen molar-refractivity contribution in [3.63, 3.8) is 0 Å². The molecular weight excluding hydrogens is 238 g/mol. The summed E-state index contributed by atoms with van der Waals surface area (Å²) in [5.74, 6) is 2.53. The summed E-state index contributed by atoms with van der Waals surface area (Å²) in [5, 5.41) is 11.9. The quantitative estimate of drug-likeness (QED) is 0.245. The fourth-order valence-corrected chi connectivity index (χ4v) is 2.81. The lowest BCUT2D eigenvalue weighted by Gasteiger charge is -2.39. The third-order valence-electron chi connectivity index (χ3n) is 3.38. The minimum absolute atomic E-state index is 0.197. The number of amidine groups is 1. The van der Waals surface area contributed by atoms with Crippen LogP contribution in [0.3, 0.4) is 0 Å². The highest BCUT2D eigenvalue weighted by Gasteiger charge is 2.38. The summed E-state index contributed by atoms with van der Waals surface area (Å²) in [5.41, 5.74) is 5.15. The molecule has 100 valence electrons. The van der Waals surface area contributed by atoms with Crippen LogP contribution in [0.4, 0.5) is 0 Å². The monoisotopic (exact) mass is 261 g/mol. The maximum atomic E-state index is 8.79. The predicted molar refractivity (Wildman–Crippen MR) is 71.8 cm³/mol. The zero-order valence-corrected chi connectivity index (χ0v) is 11.5. The van der Waals surface area contributed by atoms with Crippen molar-refractivity contribution in [1.82, 2.24) is 4.90 Å². The first-order valence-electron chi connectivity index (χ1n) is 6.01. The van der Waals surface area contributed by atoms with Crippen LogP contribution >= 0.6 is 11.8 Å². The molecule has 1 heterocycles. The molecule has 3 N–H and O–H groups in total. The molecule has 1 aliphatic heterocycles. The van der Waals surface area contributed by atoms with Crippen LogP contribution < -0.4 is 5.73 Å². The van der Waals surface area contributed by atoms with E-state index >= 15 is 0 Å². The number of nitrogens with zero attached hydrogens (tertiary/aromatic N) is 2. The second-order valence-corrected chi connectivity index (χ2v) is 5.62. The van der Waals surface area contributed by atoms with Gasteiger partial charge in [0.25, 0.3) is 0 Å². The molecule has 1 saturated heterocycles. The fraction of sp³-hybridized carbons (Fsp3) is 0.909. The van der Waals surface area contributed by atoms with E-state index in [1.165, 1.54) is 11.5 Å². The van der Waals surface area contributed by atoms with Gasteiger partial charge in [0.15, 0.2) is 5.84 Å². The number of thioether (sulfide) groups is 1. The minimum atomic E-state index is -0.566. The molecule has 0 aliphatic carbocycles. The standard InChI is InChI=1S/C11H23N3O2S/c1-3-17-9-8-14-6-4-11(16-2,5-7-14)10(12)13-15/h15H,3-9H2,1-2H3,(H2,12,13). The Morgan fingerprint density at radius 3 is 2.65 bits per heavy atom. The van der Waals surface area contributed by atoms with E-state index in [4.69, 9.17) is 15.7 Å². The maximum absolute atomic E-state index is 8.79. The number of methoxy groups -OCH3 is 1. The maximum Gasteiger partial charge on any atom is 0.171 e. The van der Waals surface area contributed by atoms with Crippen molar-refractivity contribution in [2.24, 2.45) is 10.9 Å². The van der Waals surface area contributed by atoms with E-state index in [2.05, 4.69) is 17.0 Å². The van der Waals surface area contributed by atoms with Crippen LogP contribution in [0.15, 0.2) is 5.16 Å². The fourth-order valence-electron chi connectivity index (χ4n) is 2.13. The van der Waals surface area contributed by atoms with Crippen molar-refractivity contribution in [2.45, 2.75) is 25.4 Å². The highest BCUT2D eigenvalue weighted by molar-refractivity contribution is 7.99. The summed E-state index contributed by atoms with van der Waals surface area (Å²) in [4.78, 5) is 2.41. The van der Waals surface area contributed by atoms with Crippen LogP contribution in [0.5, 0.6) is 0 Å². The first-order chi connectivity index (χ1) is 8.18. The Labute approximate surface area is 107 Å². The van der Waals surface area contributed by atoms with Gasteiger partial charge in [-0.1, -0.05) is 12.1 Å². The molecule has 0 unspecified atom stereocenters. The smallest absolute Gasteiger partial charge is 0.171 e. The summed E-state index contributed by atoms with van der Waals surface area (Å²) in [7, 11) is 1.63. The number of nitrogens with two attached hydrogens (primary N) is 1. The molecule has 0 atom stereocenters. The summed E-state index contributed by atoms with van der Waals surface area (Å²) in [6, 6.07) is 0. The molecule has 1 rings (SSSR count). The molecule has 1 aliphatic rings. The van der Waals surface area contributed by atoms with Crippen molar-refractivity contribution in [3.05, 3.63) is 0 Å². The summed E-state index contributed by atoms with van der Waals surface area (Å²) < 4.78 is 5.46. The Hall–Kier alpha value is -0.460. The molecule has 17 heavy (non-hydrogen) atoms. The first-order valence-corrected chi connectivity index (χ1v) is 7.17. The highest BCUT2D eigenvalue weighted by atomic mass is 32.2. The number of ether oxygens (including phenoxy) is 1. The van der Waals surface area contributed by atoms with Crippen LogP contribution in [0.25, 0.3) is 0 Å². The van der Waals surface area contributed by atoms with E-state index in [-0.39, 0.29) is 5.84 Å². The van der Waals surface area contributed by atoms with E-state index in [0.717, 1.165) is 32.5 Å². The third kappa shape index (κ3) is 3.76. The zero-order chi connectivity index (χ0) is 12.7. The van der Waals surface area contributed by atoms with Gasteiger partial charge in [0, 0.05) is 32.5 Å².